The first-order valence-corrected chi connectivity index (χ1v) is 5.20. The molecule has 0 aliphatic carbocycles. The Labute approximate surface area is 73.3 Å². The fourth-order valence-corrected chi connectivity index (χ4v) is 1.15. The summed E-state index contributed by atoms with van der Waals surface area (Å²) in [5.41, 5.74) is 0. The summed E-state index contributed by atoms with van der Waals surface area (Å²) in [6, 6.07) is 0. The normalized spacial score (nSPS) is 9.64. The van der Waals surface area contributed by atoms with Crippen LogP contribution in [0.3, 0.4) is 0 Å². The standard InChI is InChI=1S/C8H17NOS/c1-3-5-6-7-8(10)9-11-4-2/h3-7H2,1-2H3,(H,9,10). The van der Waals surface area contributed by atoms with Crippen LogP contribution in [0.2, 0.25) is 0 Å². The van der Waals surface area contributed by atoms with Gasteiger partial charge in [-0.15, -0.1) is 0 Å². The first-order chi connectivity index (χ1) is 5.31. The second-order valence-corrected chi connectivity index (χ2v) is 3.49. The molecule has 0 heterocycles. The van der Waals surface area contributed by atoms with Gasteiger partial charge in [0, 0.05) is 12.2 Å². The Morgan fingerprint density at radius 2 is 2.09 bits per heavy atom. The van der Waals surface area contributed by atoms with Gasteiger partial charge >= 0.3 is 0 Å². The molecule has 0 radical (unpaired) electrons. The molecule has 66 valence electrons. The minimum Gasteiger partial charge on any atom is -0.300 e. The van der Waals surface area contributed by atoms with Crippen molar-refractivity contribution in [3.63, 3.8) is 0 Å². The van der Waals surface area contributed by atoms with Gasteiger partial charge in [0.1, 0.15) is 0 Å². The first-order valence-electron chi connectivity index (χ1n) is 4.21. The molecule has 0 aliphatic rings. The van der Waals surface area contributed by atoms with Crippen LogP contribution < -0.4 is 4.72 Å². The van der Waals surface area contributed by atoms with Crippen molar-refractivity contribution in [3.05, 3.63) is 0 Å². The van der Waals surface area contributed by atoms with Gasteiger partial charge < -0.3 is 4.72 Å². The molecule has 0 rings (SSSR count). The molecule has 0 atom stereocenters. The van der Waals surface area contributed by atoms with Gasteiger partial charge in [0.25, 0.3) is 0 Å². The van der Waals surface area contributed by atoms with Crippen molar-refractivity contribution in [1.82, 2.24) is 4.72 Å². The molecule has 0 fully saturated rings. The fraction of sp³-hybridized carbons (Fsp3) is 0.875. The molecule has 0 saturated heterocycles. The molecule has 0 aromatic rings. The molecule has 3 heteroatoms. The van der Waals surface area contributed by atoms with Gasteiger partial charge in [0.05, 0.1) is 0 Å². The predicted octanol–water partition coefficient (Wildman–Crippen LogP) is 2.35. The third kappa shape index (κ3) is 7.72. The minimum absolute atomic E-state index is 0.172. The highest BCUT2D eigenvalue weighted by molar-refractivity contribution is 7.97. The number of unbranched alkanes of at least 4 members (excludes halogenated alkanes) is 2. The van der Waals surface area contributed by atoms with Crippen LogP contribution in [0.1, 0.15) is 39.5 Å². The van der Waals surface area contributed by atoms with Crippen LogP contribution in [0.4, 0.5) is 0 Å². The van der Waals surface area contributed by atoms with Crippen LogP contribution in [0.15, 0.2) is 0 Å². The Morgan fingerprint density at radius 3 is 2.64 bits per heavy atom. The van der Waals surface area contributed by atoms with Crippen LogP contribution >= 0.6 is 11.9 Å². The van der Waals surface area contributed by atoms with E-state index in [1.165, 1.54) is 18.4 Å². The SMILES string of the molecule is CCCCCC(=O)NSCC. The highest BCUT2D eigenvalue weighted by Gasteiger charge is 1.97. The van der Waals surface area contributed by atoms with Gasteiger partial charge in [-0.2, -0.15) is 0 Å². The third-order valence-corrected chi connectivity index (χ3v) is 2.00. The van der Waals surface area contributed by atoms with Crippen LogP contribution in [0, 0.1) is 0 Å². The first kappa shape index (κ1) is 10.8. The average molecular weight is 175 g/mol. The number of carbonyl (C=O) groups is 1. The van der Waals surface area contributed by atoms with E-state index in [9.17, 15) is 4.79 Å². The molecule has 0 aromatic carbocycles. The third-order valence-electron chi connectivity index (χ3n) is 1.34. The highest BCUT2D eigenvalue weighted by atomic mass is 32.2. The zero-order chi connectivity index (χ0) is 8.53. The van der Waals surface area contributed by atoms with Crippen molar-refractivity contribution in [2.75, 3.05) is 5.75 Å². The van der Waals surface area contributed by atoms with Gasteiger partial charge in [-0.3, -0.25) is 4.79 Å². The summed E-state index contributed by atoms with van der Waals surface area (Å²) in [5, 5.41) is 0. The largest absolute Gasteiger partial charge is 0.300 e. The Hall–Kier alpha value is -0.180. The molecule has 0 spiro atoms. The Bertz CT molecular complexity index is 106. The van der Waals surface area contributed by atoms with Crippen molar-refractivity contribution in [1.29, 1.82) is 0 Å². The second kappa shape index (κ2) is 7.92. The van der Waals surface area contributed by atoms with E-state index in [-0.39, 0.29) is 5.91 Å². The van der Waals surface area contributed by atoms with E-state index in [0.717, 1.165) is 18.6 Å². The van der Waals surface area contributed by atoms with Crippen molar-refractivity contribution < 1.29 is 4.79 Å². The summed E-state index contributed by atoms with van der Waals surface area (Å²) in [5.74, 6) is 1.12. The van der Waals surface area contributed by atoms with Crippen molar-refractivity contribution in [2.24, 2.45) is 0 Å². The van der Waals surface area contributed by atoms with Gasteiger partial charge in [-0.1, -0.05) is 38.6 Å². The molecule has 0 saturated carbocycles. The number of hydrogen-bond donors (Lipinski definition) is 1. The van der Waals surface area contributed by atoms with Crippen LogP contribution in [0.25, 0.3) is 0 Å². The lowest BCUT2D eigenvalue weighted by Gasteiger charge is -2.00. The summed E-state index contributed by atoms with van der Waals surface area (Å²) < 4.78 is 2.77. The van der Waals surface area contributed by atoms with Crippen LogP contribution in [-0.4, -0.2) is 11.7 Å². The second-order valence-electron chi connectivity index (χ2n) is 2.42. The quantitative estimate of drug-likeness (QED) is 0.496. The zero-order valence-corrected chi connectivity index (χ0v) is 8.17. The van der Waals surface area contributed by atoms with Crippen LogP contribution in [0.5, 0.6) is 0 Å². The average Bonchev–Trinajstić information content (AvgIpc) is 2.01. The minimum atomic E-state index is 0.172. The molecular formula is C8H17NOS. The number of nitrogens with one attached hydrogen (secondary N) is 1. The van der Waals surface area contributed by atoms with E-state index in [2.05, 4.69) is 11.6 Å². The number of amides is 1. The molecule has 1 N–H and O–H groups in total. The van der Waals surface area contributed by atoms with E-state index < -0.39 is 0 Å². The smallest absolute Gasteiger partial charge is 0.229 e. The maximum atomic E-state index is 10.9. The molecule has 1 amide bonds. The van der Waals surface area contributed by atoms with Crippen LogP contribution in [-0.2, 0) is 4.79 Å². The molecule has 0 aliphatic heterocycles. The molecule has 0 aromatic heterocycles. The topological polar surface area (TPSA) is 29.1 Å². The lowest BCUT2D eigenvalue weighted by atomic mass is 10.2. The summed E-state index contributed by atoms with van der Waals surface area (Å²) in [4.78, 5) is 10.9. The highest BCUT2D eigenvalue weighted by Crippen LogP contribution is 2.00. The Kier molecular flexibility index (Phi) is 7.79. The van der Waals surface area contributed by atoms with Gasteiger partial charge in [0.2, 0.25) is 5.91 Å². The molecule has 2 nitrogen and oxygen atoms in total. The Morgan fingerprint density at radius 1 is 1.36 bits per heavy atom. The summed E-state index contributed by atoms with van der Waals surface area (Å²) in [6.07, 6.45) is 4.03. The van der Waals surface area contributed by atoms with Crippen molar-refractivity contribution in [2.45, 2.75) is 39.5 Å². The van der Waals surface area contributed by atoms with E-state index in [1.807, 2.05) is 6.92 Å². The van der Waals surface area contributed by atoms with E-state index in [0.29, 0.717) is 6.42 Å². The fourth-order valence-electron chi connectivity index (χ4n) is 0.739. The summed E-state index contributed by atoms with van der Waals surface area (Å²) in [6.45, 7) is 4.16. The van der Waals surface area contributed by atoms with E-state index in [1.54, 1.807) is 0 Å². The summed E-state index contributed by atoms with van der Waals surface area (Å²) in [7, 11) is 0. The van der Waals surface area contributed by atoms with E-state index in [4.69, 9.17) is 0 Å². The monoisotopic (exact) mass is 175 g/mol. The van der Waals surface area contributed by atoms with Crippen molar-refractivity contribution in [3.8, 4) is 0 Å². The predicted molar refractivity (Wildman–Crippen MR) is 50.4 cm³/mol. The zero-order valence-electron chi connectivity index (χ0n) is 7.35. The maximum absolute atomic E-state index is 10.9. The lowest BCUT2D eigenvalue weighted by molar-refractivity contribution is -0.119. The van der Waals surface area contributed by atoms with Gasteiger partial charge in [0.15, 0.2) is 0 Å². The Balaban J connectivity index is 3.09. The number of carbonyl (C=O) groups excluding carboxylic acids is 1. The summed E-state index contributed by atoms with van der Waals surface area (Å²) >= 11 is 1.47. The molecule has 0 bridgehead atoms. The van der Waals surface area contributed by atoms with E-state index >= 15 is 0 Å². The molecule has 11 heavy (non-hydrogen) atoms. The number of hydrogen-bond acceptors (Lipinski definition) is 2. The number of rotatable bonds is 6. The maximum Gasteiger partial charge on any atom is 0.229 e. The molecule has 0 unspecified atom stereocenters. The van der Waals surface area contributed by atoms with Gasteiger partial charge in [-0.05, 0) is 6.42 Å². The lowest BCUT2D eigenvalue weighted by Crippen LogP contribution is -2.15. The van der Waals surface area contributed by atoms with Gasteiger partial charge in [-0.25, -0.2) is 0 Å². The van der Waals surface area contributed by atoms with Crippen molar-refractivity contribution >= 4 is 17.9 Å². The molecular weight excluding hydrogens is 158 g/mol.